The lowest BCUT2D eigenvalue weighted by Crippen LogP contribution is -2.47. The summed E-state index contributed by atoms with van der Waals surface area (Å²) in [4.78, 5) is 41.6. The zero-order valence-corrected chi connectivity index (χ0v) is 14.1. The van der Waals surface area contributed by atoms with Gasteiger partial charge < -0.3 is 15.3 Å². The smallest absolute Gasteiger partial charge is 0.337 e. The van der Waals surface area contributed by atoms with Gasteiger partial charge >= 0.3 is 5.97 Å². The van der Waals surface area contributed by atoms with E-state index in [-0.39, 0.29) is 28.8 Å². The van der Waals surface area contributed by atoms with Gasteiger partial charge in [-0.2, -0.15) is 0 Å². The first-order valence-corrected chi connectivity index (χ1v) is 9.00. The van der Waals surface area contributed by atoms with Crippen LogP contribution >= 0.6 is 11.8 Å². The standard InChI is InChI=1S/C16H19N3O4S/c1-9-11(16(22)23)4-5-12(18-9)15(21)19-8-24-7-13(19)14(20)17-6-10-2-3-10/h4-5,10,13H,2-3,6-8H2,1H3,(H,17,20)(H,22,23). The minimum Gasteiger partial charge on any atom is -0.478 e. The number of pyridine rings is 1. The number of hydrogen-bond donors (Lipinski definition) is 2. The maximum atomic E-state index is 12.7. The third-order valence-electron chi connectivity index (χ3n) is 4.24. The fourth-order valence-corrected chi connectivity index (χ4v) is 3.75. The van der Waals surface area contributed by atoms with E-state index in [1.54, 1.807) is 6.92 Å². The van der Waals surface area contributed by atoms with Crippen LogP contribution in [-0.4, -0.2) is 57.0 Å². The largest absolute Gasteiger partial charge is 0.478 e. The topological polar surface area (TPSA) is 99.6 Å². The molecule has 3 rings (SSSR count). The van der Waals surface area contributed by atoms with Crippen LogP contribution in [-0.2, 0) is 4.79 Å². The summed E-state index contributed by atoms with van der Waals surface area (Å²) >= 11 is 1.53. The highest BCUT2D eigenvalue weighted by Crippen LogP contribution is 2.28. The molecular weight excluding hydrogens is 330 g/mol. The van der Waals surface area contributed by atoms with E-state index in [0.29, 0.717) is 24.1 Å². The number of carbonyl (C=O) groups excluding carboxylic acids is 2. The number of rotatable bonds is 5. The molecule has 2 amide bonds. The second-order valence-electron chi connectivity index (χ2n) is 6.11. The first-order chi connectivity index (χ1) is 11.5. The van der Waals surface area contributed by atoms with Crippen LogP contribution in [0.5, 0.6) is 0 Å². The van der Waals surface area contributed by atoms with Crippen molar-refractivity contribution in [1.82, 2.24) is 15.2 Å². The van der Waals surface area contributed by atoms with E-state index in [9.17, 15) is 14.4 Å². The molecule has 1 aliphatic carbocycles. The number of amides is 2. The Morgan fingerprint density at radius 2 is 2.12 bits per heavy atom. The van der Waals surface area contributed by atoms with Gasteiger partial charge in [0, 0.05) is 12.3 Å². The molecule has 2 N–H and O–H groups in total. The van der Waals surface area contributed by atoms with Crippen molar-refractivity contribution in [2.75, 3.05) is 18.2 Å². The molecule has 1 unspecified atom stereocenters. The van der Waals surface area contributed by atoms with Crippen molar-refractivity contribution < 1.29 is 19.5 Å². The average Bonchev–Trinajstić information content (AvgIpc) is 3.25. The number of aromatic nitrogens is 1. The third-order valence-corrected chi connectivity index (χ3v) is 5.26. The van der Waals surface area contributed by atoms with E-state index >= 15 is 0 Å². The van der Waals surface area contributed by atoms with Gasteiger partial charge in [-0.1, -0.05) is 0 Å². The molecule has 128 valence electrons. The first-order valence-electron chi connectivity index (χ1n) is 7.84. The van der Waals surface area contributed by atoms with Crippen LogP contribution in [0.15, 0.2) is 12.1 Å². The fourth-order valence-electron chi connectivity index (χ4n) is 2.60. The Balaban J connectivity index is 1.71. The van der Waals surface area contributed by atoms with Gasteiger partial charge in [-0.3, -0.25) is 9.59 Å². The predicted molar refractivity (Wildman–Crippen MR) is 88.9 cm³/mol. The summed E-state index contributed by atoms with van der Waals surface area (Å²) in [6.45, 7) is 2.23. The number of aryl methyl sites for hydroxylation is 1. The monoisotopic (exact) mass is 349 g/mol. The molecule has 1 aromatic rings. The molecule has 0 radical (unpaired) electrons. The number of carbonyl (C=O) groups is 3. The highest BCUT2D eigenvalue weighted by molar-refractivity contribution is 7.99. The summed E-state index contributed by atoms with van der Waals surface area (Å²) in [5.41, 5.74) is 0.524. The van der Waals surface area contributed by atoms with Crippen molar-refractivity contribution in [3.05, 3.63) is 29.1 Å². The molecule has 2 aliphatic rings. The summed E-state index contributed by atoms with van der Waals surface area (Å²) < 4.78 is 0. The molecule has 0 spiro atoms. The Labute approximate surface area is 143 Å². The molecule has 1 atom stereocenters. The maximum Gasteiger partial charge on any atom is 0.337 e. The summed E-state index contributed by atoms with van der Waals surface area (Å²) in [5.74, 6) is 0.0368. The molecular formula is C16H19N3O4S. The van der Waals surface area contributed by atoms with Crippen molar-refractivity contribution in [2.24, 2.45) is 5.92 Å². The number of thioether (sulfide) groups is 1. The molecule has 7 nitrogen and oxygen atoms in total. The lowest BCUT2D eigenvalue weighted by Gasteiger charge is -2.23. The third kappa shape index (κ3) is 3.53. The van der Waals surface area contributed by atoms with Crippen molar-refractivity contribution in [2.45, 2.75) is 25.8 Å². The van der Waals surface area contributed by atoms with Gasteiger partial charge in [0.2, 0.25) is 5.91 Å². The van der Waals surface area contributed by atoms with E-state index in [1.807, 2.05) is 0 Å². The number of nitrogens with zero attached hydrogens (tertiary/aromatic N) is 2. The lowest BCUT2D eigenvalue weighted by atomic mass is 10.1. The predicted octanol–water partition coefficient (Wildman–Crippen LogP) is 1.13. The van der Waals surface area contributed by atoms with Crippen molar-refractivity contribution in [1.29, 1.82) is 0 Å². The molecule has 1 saturated carbocycles. The summed E-state index contributed by atoms with van der Waals surface area (Å²) in [7, 11) is 0. The van der Waals surface area contributed by atoms with Gasteiger partial charge in [0.1, 0.15) is 11.7 Å². The zero-order valence-electron chi connectivity index (χ0n) is 13.3. The number of carboxylic acid groups (broad SMARTS) is 1. The Morgan fingerprint density at radius 3 is 2.75 bits per heavy atom. The number of hydrogen-bond acceptors (Lipinski definition) is 5. The normalized spacial score (nSPS) is 20.0. The SMILES string of the molecule is Cc1nc(C(=O)N2CSCC2C(=O)NCC2CC2)ccc1C(=O)O. The van der Waals surface area contributed by atoms with Crippen LogP contribution in [0, 0.1) is 12.8 Å². The van der Waals surface area contributed by atoms with Gasteiger partial charge in [-0.25, -0.2) is 9.78 Å². The van der Waals surface area contributed by atoms with Crippen molar-refractivity contribution >= 4 is 29.5 Å². The molecule has 2 heterocycles. The first kappa shape index (κ1) is 16.8. The minimum absolute atomic E-state index is 0.0704. The van der Waals surface area contributed by atoms with Crippen LogP contribution in [0.4, 0.5) is 0 Å². The number of nitrogens with one attached hydrogen (secondary N) is 1. The number of aromatic carboxylic acids is 1. The molecule has 0 bridgehead atoms. The molecule has 8 heteroatoms. The molecule has 0 aromatic carbocycles. The van der Waals surface area contributed by atoms with Gasteiger partial charge in [0.15, 0.2) is 0 Å². The van der Waals surface area contributed by atoms with Crippen LogP contribution in [0.25, 0.3) is 0 Å². The Hall–Kier alpha value is -2.09. The van der Waals surface area contributed by atoms with Crippen LogP contribution in [0.2, 0.25) is 0 Å². The number of carboxylic acids is 1. The summed E-state index contributed by atoms with van der Waals surface area (Å²) in [5, 5.41) is 12.0. The Kier molecular flexibility index (Phi) is 4.75. The van der Waals surface area contributed by atoms with Crippen LogP contribution in [0.3, 0.4) is 0 Å². The Bertz CT molecular complexity index is 690. The second kappa shape index (κ2) is 6.80. The van der Waals surface area contributed by atoms with Gasteiger partial charge in [0.05, 0.1) is 17.1 Å². The maximum absolute atomic E-state index is 12.7. The van der Waals surface area contributed by atoms with E-state index < -0.39 is 12.0 Å². The van der Waals surface area contributed by atoms with E-state index in [1.165, 1.54) is 28.8 Å². The second-order valence-corrected chi connectivity index (χ2v) is 7.11. The van der Waals surface area contributed by atoms with Gasteiger partial charge in [-0.15, -0.1) is 11.8 Å². The van der Waals surface area contributed by atoms with Crippen molar-refractivity contribution in [3.63, 3.8) is 0 Å². The van der Waals surface area contributed by atoms with Crippen LogP contribution in [0.1, 0.15) is 39.4 Å². The molecule has 1 saturated heterocycles. The van der Waals surface area contributed by atoms with Crippen LogP contribution < -0.4 is 5.32 Å². The van der Waals surface area contributed by atoms with E-state index in [2.05, 4.69) is 10.3 Å². The zero-order chi connectivity index (χ0) is 17.3. The highest BCUT2D eigenvalue weighted by atomic mass is 32.2. The van der Waals surface area contributed by atoms with Gasteiger partial charge in [0.25, 0.3) is 5.91 Å². The quantitative estimate of drug-likeness (QED) is 0.827. The summed E-state index contributed by atoms with van der Waals surface area (Å²) in [6.07, 6.45) is 2.31. The molecule has 1 aromatic heterocycles. The highest BCUT2D eigenvalue weighted by Gasteiger charge is 2.36. The van der Waals surface area contributed by atoms with Crippen molar-refractivity contribution in [3.8, 4) is 0 Å². The Morgan fingerprint density at radius 1 is 1.38 bits per heavy atom. The minimum atomic E-state index is -1.08. The molecule has 24 heavy (non-hydrogen) atoms. The lowest BCUT2D eigenvalue weighted by molar-refractivity contribution is -0.124. The summed E-state index contributed by atoms with van der Waals surface area (Å²) in [6, 6.07) is 2.28. The van der Waals surface area contributed by atoms with Gasteiger partial charge in [-0.05, 0) is 37.8 Å². The fraction of sp³-hybridized carbons (Fsp3) is 0.500. The molecule has 1 aliphatic heterocycles. The average molecular weight is 349 g/mol. The molecule has 2 fully saturated rings. The van der Waals surface area contributed by atoms with E-state index in [0.717, 1.165) is 12.8 Å². The van der Waals surface area contributed by atoms with E-state index in [4.69, 9.17) is 5.11 Å².